The van der Waals surface area contributed by atoms with Gasteiger partial charge in [0.25, 0.3) is 5.56 Å². The molecule has 3 N–H and O–H groups in total. The van der Waals surface area contributed by atoms with E-state index in [1.807, 2.05) is 33.5 Å². The Balaban J connectivity index is 1.43. The van der Waals surface area contributed by atoms with Gasteiger partial charge in [-0.3, -0.25) is 19.3 Å². The fourth-order valence-electron chi connectivity index (χ4n) is 5.25. The van der Waals surface area contributed by atoms with Crippen LogP contribution in [0.3, 0.4) is 0 Å². The van der Waals surface area contributed by atoms with Crippen LogP contribution in [-0.2, 0) is 17.9 Å². The minimum Gasteiger partial charge on any atom is -0.502 e. The molecule has 8 nitrogen and oxygen atoms in total. The van der Waals surface area contributed by atoms with Crippen molar-refractivity contribution in [1.29, 1.82) is 0 Å². The first kappa shape index (κ1) is 21.7. The van der Waals surface area contributed by atoms with Crippen molar-refractivity contribution >= 4 is 17.2 Å². The lowest BCUT2D eigenvalue weighted by Crippen LogP contribution is -2.46. The fourth-order valence-corrected chi connectivity index (χ4v) is 5.96. The second-order valence-corrected chi connectivity index (χ2v) is 9.74. The number of pyridine rings is 1. The molecule has 0 spiro atoms. The third-order valence-electron chi connectivity index (χ3n) is 6.60. The Hall–Kier alpha value is -3.17. The first-order chi connectivity index (χ1) is 15.9. The van der Waals surface area contributed by atoms with Gasteiger partial charge in [0.15, 0.2) is 5.76 Å². The molecule has 5 heterocycles. The lowest BCUT2D eigenvalue weighted by molar-refractivity contribution is -0.118. The van der Waals surface area contributed by atoms with Gasteiger partial charge in [0.05, 0.1) is 12.5 Å². The number of fused-ring (bicyclic) bond motifs is 4. The zero-order chi connectivity index (χ0) is 23.1. The first-order valence-electron chi connectivity index (χ1n) is 11.0. The number of primary amides is 1. The smallest absolute Gasteiger partial charge is 0.250 e. The Labute approximate surface area is 193 Å². The number of likely N-dealkylation sites (tertiary alicyclic amines) is 1. The molecule has 9 heteroatoms. The standard InChI is InChI=1S/C24H25N3O5S/c25-21(29)8-18(15-4-5-33-13-15)24-23(31)20(28)7-17(32-24)12-26-9-14-6-16(11-26)19-2-1-3-22(30)27(19)10-14/h1-5,7,13-14,16,18,31H,6,8-12H2,(H2,25,29)/t14-,16+,18?/m1/s1. The summed E-state index contributed by atoms with van der Waals surface area (Å²) in [5.41, 5.74) is 6.77. The van der Waals surface area contributed by atoms with E-state index in [4.69, 9.17) is 10.2 Å². The quantitative estimate of drug-likeness (QED) is 0.574. The Morgan fingerprint density at radius 3 is 2.85 bits per heavy atom. The lowest BCUT2D eigenvalue weighted by Gasteiger charge is -2.42. The topological polar surface area (TPSA) is 119 Å². The summed E-state index contributed by atoms with van der Waals surface area (Å²) in [7, 11) is 0. The number of nitrogens with two attached hydrogens (primary N) is 1. The fraction of sp³-hybridized carbons (Fsp3) is 0.375. The van der Waals surface area contributed by atoms with Gasteiger partial charge in [-0.05, 0) is 40.8 Å². The van der Waals surface area contributed by atoms with Crippen molar-refractivity contribution in [3.8, 4) is 5.75 Å². The van der Waals surface area contributed by atoms with Crippen molar-refractivity contribution in [2.75, 3.05) is 13.1 Å². The summed E-state index contributed by atoms with van der Waals surface area (Å²) in [6.45, 7) is 2.62. The summed E-state index contributed by atoms with van der Waals surface area (Å²) in [6.07, 6.45) is 0.958. The highest BCUT2D eigenvalue weighted by atomic mass is 32.1. The van der Waals surface area contributed by atoms with E-state index >= 15 is 0 Å². The number of aromatic hydroxyl groups is 1. The molecule has 0 aliphatic carbocycles. The van der Waals surface area contributed by atoms with Crippen molar-refractivity contribution in [2.45, 2.75) is 37.8 Å². The summed E-state index contributed by atoms with van der Waals surface area (Å²) < 4.78 is 7.92. The molecule has 1 unspecified atom stereocenters. The average molecular weight is 468 g/mol. The van der Waals surface area contributed by atoms with Crippen LogP contribution in [-0.4, -0.2) is 33.6 Å². The number of amides is 1. The monoisotopic (exact) mass is 467 g/mol. The molecule has 33 heavy (non-hydrogen) atoms. The van der Waals surface area contributed by atoms with Gasteiger partial charge in [0.1, 0.15) is 5.76 Å². The number of piperidine rings is 1. The molecular weight excluding hydrogens is 442 g/mol. The van der Waals surface area contributed by atoms with Crippen LogP contribution in [0.4, 0.5) is 0 Å². The molecule has 3 atom stereocenters. The Kier molecular flexibility index (Phi) is 5.67. The maximum Gasteiger partial charge on any atom is 0.250 e. The molecule has 2 bridgehead atoms. The van der Waals surface area contributed by atoms with Crippen molar-refractivity contribution in [1.82, 2.24) is 9.47 Å². The number of aromatic nitrogens is 1. The summed E-state index contributed by atoms with van der Waals surface area (Å²) in [5, 5.41) is 14.2. The minimum absolute atomic E-state index is 0.0405. The summed E-state index contributed by atoms with van der Waals surface area (Å²) in [5.74, 6) is -0.569. The lowest BCUT2D eigenvalue weighted by atomic mass is 9.83. The van der Waals surface area contributed by atoms with Crippen molar-refractivity contribution in [2.24, 2.45) is 11.7 Å². The van der Waals surface area contributed by atoms with E-state index in [2.05, 4.69) is 4.90 Å². The third kappa shape index (κ3) is 4.26. The van der Waals surface area contributed by atoms with Gasteiger partial charge in [-0.1, -0.05) is 6.07 Å². The van der Waals surface area contributed by atoms with Gasteiger partial charge in [-0.2, -0.15) is 11.3 Å². The van der Waals surface area contributed by atoms with E-state index < -0.39 is 23.0 Å². The van der Waals surface area contributed by atoms with Crippen LogP contribution in [0.25, 0.3) is 0 Å². The van der Waals surface area contributed by atoms with E-state index in [1.165, 1.54) is 17.4 Å². The van der Waals surface area contributed by atoms with Gasteiger partial charge in [0.2, 0.25) is 17.1 Å². The molecular formula is C24H25N3O5S. The van der Waals surface area contributed by atoms with Crippen molar-refractivity contribution < 1.29 is 14.3 Å². The molecule has 1 amide bonds. The molecule has 3 aromatic rings. The van der Waals surface area contributed by atoms with E-state index in [0.717, 1.165) is 30.8 Å². The van der Waals surface area contributed by atoms with Crippen molar-refractivity contribution in [3.05, 3.63) is 84.4 Å². The highest BCUT2D eigenvalue weighted by Crippen LogP contribution is 2.37. The van der Waals surface area contributed by atoms with E-state index in [0.29, 0.717) is 24.8 Å². The zero-order valence-corrected chi connectivity index (χ0v) is 18.8. The average Bonchev–Trinajstić information content (AvgIpc) is 3.30. The van der Waals surface area contributed by atoms with Crippen LogP contribution < -0.4 is 16.7 Å². The van der Waals surface area contributed by atoms with Gasteiger partial charge < -0.3 is 19.8 Å². The van der Waals surface area contributed by atoms with Crippen molar-refractivity contribution in [3.63, 3.8) is 0 Å². The Morgan fingerprint density at radius 1 is 1.24 bits per heavy atom. The Bertz CT molecular complexity index is 1300. The molecule has 2 aliphatic heterocycles. The normalized spacial score (nSPS) is 20.8. The van der Waals surface area contributed by atoms with Crippen LogP contribution in [0.15, 0.2) is 55.1 Å². The van der Waals surface area contributed by atoms with Gasteiger partial charge >= 0.3 is 0 Å². The number of rotatable bonds is 6. The molecule has 0 saturated carbocycles. The molecule has 0 aromatic carbocycles. The zero-order valence-electron chi connectivity index (χ0n) is 18.0. The maximum absolute atomic E-state index is 12.6. The number of thiophene rings is 1. The molecule has 0 radical (unpaired) electrons. The highest BCUT2D eigenvalue weighted by Gasteiger charge is 2.35. The van der Waals surface area contributed by atoms with E-state index in [1.54, 1.807) is 6.07 Å². The van der Waals surface area contributed by atoms with Gasteiger partial charge in [0, 0.05) is 49.8 Å². The highest BCUT2D eigenvalue weighted by molar-refractivity contribution is 7.08. The number of hydrogen-bond acceptors (Lipinski definition) is 7. The Morgan fingerprint density at radius 2 is 2.09 bits per heavy atom. The molecule has 1 saturated heterocycles. The second kappa shape index (κ2) is 8.64. The van der Waals surface area contributed by atoms with E-state index in [-0.39, 0.29) is 23.7 Å². The molecule has 172 valence electrons. The number of hydrogen-bond donors (Lipinski definition) is 2. The van der Waals surface area contributed by atoms with Gasteiger partial charge in [-0.25, -0.2) is 0 Å². The summed E-state index contributed by atoms with van der Waals surface area (Å²) in [4.78, 5) is 38.8. The summed E-state index contributed by atoms with van der Waals surface area (Å²) >= 11 is 1.45. The number of nitrogens with zero attached hydrogens (tertiary/aromatic N) is 2. The molecule has 3 aromatic heterocycles. The minimum atomic E-state index is -0.624. The summed E-state index contributed by atoms with van der Waals surface area (Å²) in [6, 6.07) is 8.57. The predicted molar refractivity (Wildman–Crippen MR) is 123 cm³/mol. The molecule has 5 rings (SSSR count). The largest absolute Gasteiger partial charge is 0.502 e. The van der Waals surface area contributed by atoms with Crippen LogP contribution >= 0.6 is 11.3 Å². The van der Waals surface area contributed by atoms with E-state index in [9.17, 15) is 19.5 Å². The van der Waals surface area contributed by atoms with Crippen LogP contribution in [0.1, 0.15) is 47.5 Å². The van der Waals surface area contributed by atoms with Gasteiger partial charge in [-0.15, -0.1) is 0 Å². The first-order valence-corrected chi connectivity index (χ1v) is 11.9. The SMILES string of the molecule is NC(=O)CC(c1ccsc1)c1oc(CN2C[C@H]3C[C@@H](C2)c2cccc(=O)n2C3)cc(=O)c1O. The maximum atomic E-state index is 12.6. The number of carbonyl (C=O) groups is 1. The van der Waals surface area contributed by atoms with Crippen LogP contribution in [0.2, 0.25) is 0 Å². The molecule has 1 fully saturated rings. The number of carbonyl (C=O) groups excluding carboxylic acids is 1. The van der Waals surface area contributed by atoms with Crippen LogP contribution in [0.5, 0.6) is 5.75 Å². The van der Waals surface area contributed by atoms with Crippen LogP contribution in [0, 0.1) is 5.92 Å². The predicted octanol–water partition coefficient (Wildman–Crippen LogP) is 2.20. The second-order valence-electron chi connectivity index (χ2n) is 8.96. The third-order valence-corrected chi connectivity index (χ3v) is 7.30. The molecule has 2 aliphatic rings.